The maximum Gasteiger partial charge on any atom is 0.123 e. The van der Waals surface area contributed by atoms with Gasteiger partial charge >= 0.3 is 0 Å². The average molecular weight is 208 g/mol. The van der Waals surface area contributed by atoms with Gasteiger partial charge in [0.2, 0.25) is 0 Å². The molecule has 0 bridgehead atoms. The molecule has 0 aliphatic rings. The summed E-state index contributed by atoms with van der Waals surface area (Å²) in [5.74, 6) is 1.51. The summed E-state index contributed by atoms with van der Waals surface area (Å²) in [6.45, 7) is 6.92. The van der Waals surface area contributed by atoms with Crippen molar-refractivity contribution >= 4 is 0 Å². The van der Waals surface area contributed by atoms with Crippen molar-refractivity contribution in [1.82, 2.24) is 4.98 Å². The van der Waals surface area contributed by atoms with Gasteiger partial charge in [0.05, 0.1) is 11.8 Å². The number of aromatic nitrogens is 1. The molecule has 0 saturated carbocycles. The van der Waals surface area contributed by atoms with E-state index in [2.05, 4.69) is 25.8 Å². The van der Waals surface area contributed by atoms with Crippen LogP contribution in [0, 0.1) is 5.92 Å². The van der Waals surface area contributed by atoms with Crippen LogP contribution < -0.4 is 10.5 Å². The standard InChI is InChI=1S/C12H20N2O/c1-9(2)6-10(3)15-12-4-5-14-11(7-12)8-13/h4-5,7,9-10H,6,8,13H2,1-3H3. The molecule has 1 aromatic rings. The molecule has 1 atom stereocenters. The molecule has 0 spiro atoms. The molecule has 3 heteroatoms. The quantitative estimate of drug-likeness (QED) is 0.808. The van der Waals surface area contributed by atoms with Crippen molar-refractivity contribution < 1.29 is 4.74 Å². The molecule has 15 heavy (non-hydrogen) atoms. The number of hydrogen-bond acceptors (Lipinski definition) is 3. The molecule has 1 heterocycles. The molecule has 0 fully saturated rings. The van der Waals surface area contributed by atoms with Gasteiger partial charge in [-0.3, -0.25) is 4.98 Å². The predicted octanol–water partition coefficient (Wildman–Crippen LogP) is 2.35. The van der Waals surface area contributed by atoms with Crippen LogP contribution in [0.4, 0.5) is 0 Å². The zero-order chi connectivity index (χ0) is 11.3. The summed E-state index contributed by atoms with van der Waals surface area (Å²) in [6.07, 6.45) is 3.03. The molecule has 0 amide bonds. The highest BCUT2D eigenvalue weighted by atomic mass is 16.5. The number of nitrogens with zero attached hydrogens (tertiary/aromatic N) is 1. The molecule has 0 saturated heterocycles. The van der Waals surface area contributed by atoms with Gasteiger partial charge in [-0.2, -0.15) is 0 Å². The van der Waals surface area contributed by atoms with Crippen LogP contribution in [0.25, 0.3) is 0 Å². The van der Waals surface area contributed by atoms with Crippen molar-refractivity contribution in [2.45, 2.75) is 39.8 Å². The van der Waals surface area contributed by atoms with Gasteiger partial charge in [0.15, 0.2) is 0 Å². The van der Waals surface area contributed by atoms with Gasteiger partial charge in [0.1, 0.15) is 5.75 Å². The first-order valence-corrected chi connectivity index (χ1v) is 5.43. The van der Waals surface area contributed by atoms with E-state index in [1.54, 1.807) is 6.20 Å². The van der Waals surface area contributed by atoms with E-state index in [1.807, 2.05) is 12.1 Å². The van der Waals surface area contributed by atoms with Crippen LogP contribution in [-0.2, 0) is 6.54 Å². The second-order valence-electron chi connectivity index (χ2n) is 4.25. The number of nitrogens with two attached hydrogens (primary N) is 1. The molecule has 2 N–H and O–H groups in total. The Hall–Kier alpha value is -1.09. The highest BCUT2D eigenvalue weighted by molar-refractivity contribution is 5.22. The van der Waals surface area contributed by atoms with Crippen LogP contribution in [-0.4, -0.2) is 11.1 Å². The SMILES string of the molecule is CC(C)CC(C)Oc1ccnc(CN)c1. The fraction of sp³-hybridized carbons (Fsp3) is 0.583. The van der Waals surface area contributed by atoms with Crippen LogP contribution in [0.5, 0.6) is 5.75 Å². The summed E-state index contributed by atoms with van der Waals surface area (Å²) in [5, 5.41) is 0. The highest BCUT2D eigenvalue weighted by Gasteiger charge is 2.06. The molecule has 1 unspecified atom stereocenters. The lowest BCUT2D eigenvalue weighted by molar-refractivity contribution is 0.193. The minimum atomic E-state index is 0.234. The molecule has 0 aromatic carbocycles. The first kappa shape index (κ1) is 12.0. The summed E-state index contributed by atoms with van der Waals surface area (Å²) in [4.78, 5) is 4.12. The van der Waals surface area contributed by atoms with Crippen molar-refractivity contribution in [3.8, 4) is 5.75 Å². The first-order valence-electron chi connectivity index (χ1n) is 5.43. The Balaban J connectivity index is 2.55. The van der Waals surface area contributed by atoms with E-state index in [1.165, 1.54) is 0 Å². The third kappa shape index (κ3) is 4.30. The maximum absolute atomic E-state index is 5.77. The van der Waals surface area contributed by atoms with Gasteiger partial charge in [-0.05, 0) is 25.3 Å². The molecule has 0 aliphatic carbocycles. The van der Waals surface area contributed by atoms with Crippen molar-refractivity contribution in [3.63, 3.8) is 0 Å². The number of ether oxygens (including phenoxy) is 1. The summed E-state index contributed by atoms with van der Waals surface area (Å²) >= 11 is 0. The zero-order valence-electron chi connectivity index (χ0n) is 9.73. The molecule has 1 rings (SSSR count). The van der Waals surface area contributed by atoms with E-state index in [0.717, 1.165) is 17.9 Å². The van der Waals surface area contributed by atoms with E-state index >= 15 is 0 Å². The zero-order valence-corrected chi connectivity index (χ0v) is 9.73. The van der Waals surface area contributed by atoms with E-state index in [0.29, 0.717) is 12.5 Å². The monoisotopic (exact) mass is 208 g/mol. The van der Waals surface area contributed by atoms with Gasteiger partial charge in [-0.15, -0.1) is 0 Å². The minimum Gasteiger partial charge on any atom is -0.491 e. The highest BCUT2D eigenvalue weighted by Crippen LogP contribution is 2.15. The van der Waals surface area contributed by atoms with Gasteiger partial charge < -0.3 is 10.5 Å². The first-order chi connectivity index (χ1) is 7.11. The Morgan fingerprint density at radius 3 is 2.73 bits per heavy atom. The van der Waals surface area contributed by atoms with Gasteiger partial charge in [0.25, 0.3) is 0 Å². The molecule has 0 radical (unpaired) electrons. The van der Waals surface area contributed by atoms with Crippen LogP contribution >= 0.6 is 0 Å². The molecular weight excluding hydrogens is 188 g/mol. The Morgan fingerprint density at radius 1 is 1.40 bits per heavy atom. The summed E-state index contributed by atoms with van der Waals surface area (Å²) < 4.78 is 5.77. The largest absolute Gasteiger partial charge is 0.491 e. The Labute approximate surface area is 91.7 Å². The van der Waals surface area contributed by atoms with Gasteiger partial charge in [-0.1, -0.05) is 13.8 Å². The normalized spacial score (nSPS) is 12.9. The van der Waals surface area contributed by atoms with E-state index in [-0.39, 0.29) is 6.10 Å². The molecule has 0 aliphatic heterocycles. The van der Waals surface area contributed by atoms with Crippen molar-refractivity contribution in [2.75, 3.05) is 0 Å². The van der Waals surface area contributed by atoms with Crippen molar-refractivity contribution in [2.24, 2.45) is 11.7 Å². The number of rotatable bonds is 5. The Kier molecular flexibility index (Phi) is 4.56. The van der Waals surface area contributed by atoms with Crippen LogP contribution in [0.15, 0.2) is 18.3 Å². The van der Waals surface area contributed by atoms with Crippen molar-refractivity contribution in [3.05, 3.63) is 24.0 Å². The summed E-state index contributed by atoms with van der Waals surface area (Å²) in [6, 6.07) is 3.77. The lowest BCUT2D eigenvalue weighted by Crippen LogP contribution is -2.14. The van der Waals surface area contributed by atoms with Crippen molar-refractivity contribution in [1.29, 1.82) is 0 Å². The summed E-state index contributed by atoms with van der Waals surface area (Å²) in [7, 11) is 0. The van der Waals surface area contributed by atoms with Gasteiger partial charge in [-0.25, -0.2) is 0 Å². The smallest absolute Gasteiger partial charge is 0.123 e. The Bertz CT molecular complexity index is 299. The van der Waals surface area contributed by atoms with Gasteiger partial charge in [0, 0.05) is 18.8 Å². The molecule has 84 valence electrons. The topological polar surface area (TPSA) is 48.1 Å². The summed E-state index contributed by atoms with van der Waals surface area (Å²) in [5.41, 5.74) is 6.38. The molecule has 1 aromatic heterocycles. The van der Waals surface area contributed by atoms with Crippen LogP contribution in [0.3, 0.4) is 0 Å². The second kappa shape index (κ2) is 5.71. The fourth-order valence-corrected chi connectivity index (χ4v) is 1.59. The number of pyridine rings is 1. The lowest BCUT2D eigenvalue weighted by Gasteiger charge is -2.16. The Morgan fingerprint density at radius 2 is 2.13 bits per heavy atom. The molecular formula is C12H20N2O. The van der Waals surface area contributed by atoms with Crippen LogP contribution in [0.1, 0.15) is 32.9 Å². The average Bonchev–Trinajstić information content (AvgIpc) is 2.16. The number of hydrogen-bond donors (Lipinski definition) is 1. The minimum absolute atomic E-state index is 0.234. The van der Waals surface area contributed by atoms with E-state index in [9.17, 15) is 0 Å². The van der Waals surface area contributed by atoms with E-state index < -0.39 is 0 Å². The molecule has 3 nitrogen and oxygen atoms in total. The van der Waals surface area contributed by atoms with E-state index in [4.69, 9.17) is 10.5 Å². The predicted molar refractivity (Wildman–Crippen MR) is 61.7 cm³/mol. The van der Waals surface area contributed by atoms with Crippen LogP contribution in [0.2, 0.25) is 0 Å². The fourth-order valence-electron chi connectivity index (χ4n) is 1.59. The maximum atomic E-state index is 5.77. The second-order valence-corrected chi connectivity index (χ2v) is 4.25. The lowest BCUT2D eigenvalue weighted by atomic mass is 10.1. The third-order valence-electron chi connectivity index (χ3n) is 2.14. The third-order valence-corrected chi connectivity index (χ3v) is 2.14.